The van der Waals surface area contributed by atoms with Gasteiger partial charge in [-0.3, -0.25) is 0 Å². The van der Waals surface area contributed by atoms with Crippen LogP contribution in [-0.4, -0.2) is 31.5 Å². The molecule has 208 valence electrons. The molecule has 4 aromatic carbocycles. The molecular weight excluding hydrogens is 500 g/mol. The molecule has 1 heterocycles. The summed E-state index contributed by atoms with van der Waals surface area (Å²) in [5.41, 5.74) is 5.34. The van der Waals surface area contributed by atoms with Crippen LogP contribution in [0.3, 0.4) is 0 Å². The molecule has 1 fully saturated rings. The molecule has 1 aliphatic rings. The summed E-state index contributed by atoms with van der Waals surface area (Å²) in [7, 11) is 1.69. The first-order chi connectivity index (χ1) is 19.6. The van der Waals surface area contributed by atoms with E-state index in [1.165, 1.54) is 0 Å². The van der Waals surface area contributed by atoms with E-state index in [0.717, 1.165) is 33.6 Å². The fourth-order valence-electron chi connectivity index (χ4n) is 5.24. The van der Waals surface area contributed by atoms with E-state index < -0.39 is 18.3 Å². The Bertz CT molecular complexity index is 1310. The van der Waals surface area contributed by atoms with Gasteiger partial charge in [-0.2, -0.15) is 0 Å². The molecule has 0 amide bonds. The van der Waals surface area contributed by atoms with Crippen molar-refractivity contribution >= 4 is 0 Å². The zero-order valence-electron chi connectivity index (χ0n) is 23.4. The van der Waals surface area contributed by atoms with Gasteiger partial charge in [0.25, 0.3) is 0 Å². The van der Waals surface area contributed by atoms with Crippen LogP contribution in [0.15, 0.2) is 109 Å². The van der Waals surface area contributed by atoms with Crippen molar-refractivity contribution in [3.8, 4) is 5.75 Å². The summed E-state index contributed by atoms with van der Waals surface area (Å²) in [5.74, 6) is 0.765. The summed E-state index contributed by atoms with van der Waals surface area (Å²) in [5, 5.41) is 0. The number of benzene rings is 4. The second-order valence-corrected chi connectivity index (χ2v) is 10.3. The molecule has 0 spiro atoms. The van der Waals surface area contributed by atoms with Gasteiger partial charge in [-0.1, -0.05) is 103 Å². The second-order valence-electron chi connectivity index (χ2n) is 10.3. The van der Waals surface area contributed by atoms with Crippen LogP contribution >= 0.6 is 0 Å². The summed E-state index contributed by atoms with van der Waals surface area (Å²) >= 11 is 0. The molecule has 1 saturated heterocycles. The van der Waals surface area contributed by atoms with Gasteiger partial charge in [0.1, 0.15) is 30.2 Å². The van der Waals surface area contributed by atoms with Gasteiger partial charge in [0.05, 0.1) is 33.0 Å². The topological polar surface area (TPSA) is 46.2 Å². The quantitative estimate of drug-likeness (QED) is 0.202. The Morgan fingerprint density at radius 1 is 0.600 bits per heavy atom. The van der Waals surface area contributed by atoms with E-state index >= 15 is 0 Å². The van der Waals surface area contributed by atoms with Gasteiger partial charge in [0, 0.05) is 5.56 Å². The Morgan fingerprint density at radius 3 is 1.57 bits per heavy atom. The summed E-state index contributed by atoms with van der Waals surface area (Å²) < 4.78 is 32.5. The number of aryl methyl sites for hydroxylation is 1. The molecule has 0 unspecified atom stereocenters. The van der Waals surface area contributed by atoms with Gasteiger partial charge in [-0.25, -0.2) is 0 Å². The minimum Gasteiger partial charge on any atom is -0.496 e. The molecule has 0 aliphatic carbocycles. The predicted molar refractivity (Wildman–Crippen MR) is 156 cm³/mol. The lowest BCUT2D eigenvalue weighted by atomic mass is 9.89. The SMILES string of the molecule is COc1ccc(C)cc1[C@H]1O[C@@H](C)[C@@H](OCc2ccccc2)[C@@H](OCc2ccccc2)[C@@H]1OCc1ccccc1. The molecular formula is C35H38O5. The Hall–Kier alpha value is -3.48. The van der Waals surface area contributed by atoms with E-state index in [1.807, 2.05) is 66.7 Å². The van der Waals surface area contributed by atoms with Crippen LogP contribution < -0.4 is 4.74 Å². The van der Waals surface area contributed by atoms with Crippen molar-refractivity contribution in [1.82, 2.24) is 0 Å². The zero-order chi connectivity index (χ0) is 27.7. The van der Waals surface area contributed by atoms with E-state index in [-0.39, 0.29) is 12.2 Å². The molecule has 0 N–H and O–H groups in total. The summed E-state index contributed by atoms with van der Waals surface area (Å²) in [6.45, 7) is 5.44. The minimum atomic E-state index is -0.448. The first-order valence-electron chi connectivity index (χ1n) is 13.9. The minimum absolute atomic E-state index is 0.253. The van der Waals surface area contributed by atoms with Gasteiger partial charge < -0.3 is 23.7 Å². The maximum Gasteiger partial charge on any atom is 0.124 e. The van der Waals surface area contributed by atoms with E-state index in [9.17, 15) is 0 Å². The fraction of sp³-hybridized carbons (Fsp3) is 0.314. The highest BCUT2D eigenvalue weighted by atomic mass is 16.6. The highest BCUT2D eigenvalue weighted by molar-refractivity contribution is 5.39. The Morgan fingerprint density at radius 2 is 1.07 bits per heavy atom. The van der Waals surface area contributed by atoms with Crippen LogP contribution in [0.1, 0.15) is 40.8 Å². The van der Waals surface area contributed by atoms with Crippen molar-refractivity contribution in [1.29, 1.82) is 0 Å². The molecule has 4 aromatic rings. The van der Waals surface area contributed by atoms with Gasteiger partial charge >= 0.3 is 0 Å². The first kappa shape index (κ1) is 28.1. The van der Waals surface area contributed by atoms with Crippen molar-refractivity contribution in [3.05, 3.63) is 137 Å². The lowest BCUT2D eigenvalue weighted by molar-refractivity contribution is -0.264. The highest BCUT2D eigenvalue weighted by Crippen LogP contribution is 2.41. The summed E-state index contributed by atoms with van der Waals surface area (Å²) in [4.78, 5) is 0. The third-order valence-electron chi connectivity index (χ3n) is 7.32. The van der Waals surface area contributed by atoms with Crippen LogP contribution in [-0.2, 0) is 38.8 Å². The average Bonchev–Trinajstić information content (AvgIpc) is 3.00. The van der Waals surface area contributed by atoms with Gasteiger partial charge in [0.15, 0.2) is 0 Å². The Kier molecular flexibility index (Phi) is 9.63. The highest BCUT2D eigenvalue weighted by Gasteiger charge is 2.48. The maximum atomic E-state index is 6.74. The van der Waals surface area contributed by atoms with Crippen molar-refractivity contribution in [3.63, 3.8) is 0 Å². The lowest BCUT2D eigenvalue weighted by Gasteiger charge is -2.46. The molecule has 1 aliphatic heterocycles. The Balaban J connectivity index is 1.50. The third kappa shape index (κ3) is 6.98. The van der Waals surface area contributed by atoms with Crippen LogP contribution in [0, 0.1) is 6.92 Å². The van der Waals surface area contributed by atoms with Crippen LogP contribution in [0.4, 0.5) is 0 Å². The Labute approximate surface area is 237 Å². The predicted octanol–water partition coefficient (Wildman–Crippen LogP) is 7.22. The van der Waals surface area contributed by atoms with Gasteiger partial charge in [-0.05, 0) is 42.7 Å². The number of ether oxygens (including phenoxy) is 5. The van der Waals surface area contributed by atoms with E-state index in [1.54, 1.807) is 7.11 Å². The van der Waals surface area contributed by atoms with E-state index in [4.69, 9.17) is 23.7 Å². The van der Waals surface area contributed by atoms with Crippen molar-refractivity contribution in [2.24, 2.45) is 0 Å². The second kappa shape index (κ2) is 13.7. The lowest BCUT2D eigenvalue weighted by Crippen LogP contribution is -2.56. The van der Waals surface area contributed by atoms with E-state index in [2.05, 4.69) is 56.3 Å². The largest absolute Gasteiger partial charge is 0.496 e. The third-order valence-corrected chi connectivity index (χ3v) is 7.32. The van der Waals surface area contributed by atoms with Gasteiger partial charge in [-0.15, -0.1) is 0 Å². The monoisotopic (exact) mass is 538 g/mol. The molecule has 40 heavy (non-hydrogen) atoms. The van der Waals surface area contributed by atoms with Crippen molar-refractivity contribution in [2.45, 2.75) is 64.2 Å². The standard InChI is InChI=1S/C35H38O5/c1-25-19-20-31(36-3)30(21-25)33-35(39-24-29-17-11-6-12-18-29)34(38-23-28-15-9-5-10-16-28)32(26(2)40-33)37-22-27-13-7-4-8-14-27/h4-21,26,32-35H,22-24H2,1-3H3/t26-,32+,33+,34+,35+/m0/s1. The normalized spacial score (nSPS) is 22.6. The molecule has 0 saturated carbocycles. The van der Waals surface area contributed by atoms with Crippen LogP contribution in [0.5, 0.6) is 5.75 Å². The van der Waals surface area contributed by atoms with E-state index in [0.29, 0.717) is 19.8 Å². The van der Waals surface area contributed by atoms with Crippen molar-refractivity contribution in [2.75, 3.05) is 7.11 Å². The molecule has 5 heteroatoms. The molecule has 0 aromatic heterocycles. The molecule has 5 rings (SSSR count). The smallest absolute Gasteiger partial charge is 0.124 e. The number of methoxy groups -OCH3 is 1. The summed E-state index contributed by atoms with van der Waals surface area (Å²) in [6.07, 6.45) is -1.86. The molecule has 5 nitrogen and oxygen atoms in total. The molecule has 5 atom stereocenters. The van der Waals surface area contributed by atoms with Crippen LogP contribution in [0.25, 0.3) is 0 Å². The number of hydrogen-bond donors (Lipinski definition) is 0. The van der Waals surface area contributed by atoms with Crippen molar-refractivity contribution < 1.29 is 23.7 Å². The number of hydrogen-bond acceptors (Lipinski definition) is 5. The molecule has 0 bridgehead atoms. The summed E-state index contributed by atoms with van der Waals surface area (Å²) in [6, 6.07) is 36.7. The number of rotatable bonds is 11. The zero-order valence-corrected chi connectivity index (χ0v) is 23.4. The maximum absolute atomic E-state index is 6.74. The first-order valence-corrected chi connectivity index (χ1v) is 13.9. The molecule has 0 radical (unpaired) electrons. The average molecular weight is 539 g/mol. The fourth-order valence-corrected chi connectivity index (χ4v) is 5.24. The van der Waals surface area contributed by atoms with Gasteiger partial charge in [0.2, 0.25) is 0 Å². The van der Waals surface area contributed by atoms with Crippen LogP contribution in [0.2, 0.25) is 0 Å².